The highest BCUT2D eigenvalue weighted by atomic mass is 127. The van der Waals surface area contributed by atoms with Crippen LogP contribution in [0.4, 0.5) is 5.69 Å². The minimum absolute atomic E-state index is 0.0196. The summed E-state index contributed by atoms with van der Waals surface area (Å²) in [6.07, 6.45) is 0. The fourth-order valence-electron chi connectivity index (χ4n) is 1.51. The minimum Gasteiger partial charge on any atom is -0.450 e. The van der Waals surface area contributed by atoms with E-state index < -0.39 is 4.92 Å². The Morgan fingerprint density at radius 3 is 2.67 bits per heavy atom. The Labute approximate surface area is 118 Å². The standard InChI is InChI=1S/C13H10INO3/c1-9-5-6-13(12(7-9)15(16)17)18-11-4-2-3-10(14)8-11/h2-8H,1H3. The van der Waals surface area contributed by atoms with Gasteiger partial charge in [-0.15, -0.1) is 0 Å². The third-order valence-electron chi connectivity index (χ3n) is 2.34. The van der Waals surface area contributed by atoms with Crippen LogP contribution >= 0.6 is 22.6 Å². The van der Waals surface area contributed by atoms with Gasteiger partial charge in [0, 0.05) is 9.64 Å². The van der Waals surface area contributed by atoms with Crippen LogP contribution in [0.3, 0.4) is 0 Å². The average molecular weight is 355 g/mol. The molecule has 4 nitrogen and oxygen atoms in total. The van der Waals surface area contributed by atoms with E-state index in [1.165, 1.54) is 6.07 Å². The summed E-state index contributed by atoms with van der Waals surface area (Å²) in [4.78, 5) is 10.5. The molecule has 0 amide bonds. The third kappa shape index (κ3) is 2.98. The summed E-state index contributed by atoms with van der Waals surface area (Å²) in [5.74, 6) is 0.849. The number of ether oxygens (including phenoxy) is 1. The molecule has 0 bridgehead atoms. The van der Waals surface area contributed by atoms with E-state index in [1.54, 1.807) is 18.2 Å². The molecule has 0 aliphatic rings. The zero-order valence-electron chi connectivity index (χ0n) is 9.59. The summed E-state index contributed by atoms with van der Waals surface area (Å²) in [6, 6.07) is 12.3. The van der Waals surface area contributed by atoms with Crippen molar-refractivity contribution in [2.45, 2.75) is 6.92 Å². The van der Waals surface area contributed by atoms with Crippen LogP contribution in [0, 0.1) is 20.6 Å². The van der Waals surface area contributed by atoms with Crippen molar-refractivity contribution in [1.29, 1.82) is 0 Å². The number of hydrogen-bond donors (Lipinski definition) is 0. The first kappa shape index (κ1) is 12.8. The van der Waals surface area contributed by atoms with Crippen molar-refractivity contribution in [1.82, 2.24) is 0 Å². The molecule has 0 unspecified atom stereocenters. The second-order valence-corrected chi connectivity index (χ2v) is 5.03. The molecule has 0 N–H and O–H groups in total. The van der Waals surface area contributed by atoms with Crippen LogP contribution < -0.4 is 4.74 Å². The van der Waals surface area contributed by atoms with Gasteiger partial charge in [-0.3, -0.25) is 10.1 Å². The van der Waals surface area contributed by atoms with Gasteiger partial charge in [0.25, 0.3) is 0 Å². The van der Waals surface area contributed by atoms with E-state index in [4.69, 9.17) is 4.74 Å². The van der Waals surface area contributed by atoms with E-state index in [-0.39, 0.29) is 11.4 Å². The molecule has 0 saturated heterocycles. The maximum Gasteiger partial charge on any atom is 0.311 e. The molecule has 2 aromatic rings. The summed E-state index contributed by atoms with van der Waals surface area (Å²) in [6.45, 7) is 1.81. The highest BCUT2D eigenvalue weighted by Crippen LogP contribution is 2.32. The largest absolute Gasteiger partial charge is 0.450 e. The first-order valence-corrected chi connectivity index (χ1v) is 6.32. The Morgan fingerprint density at radius 2 is 2.00 bits per heavy atom. The van der Waals surface area contributed by atoms with Crippen LogP contribution in [0.5, 0.6) is 11.5 Å². The SMILES string of the molecule is Cc1ccc(Oc2cccc(I)c2)c([N+](=O)[O-])c1. The molecular weight excluding hydrogens is 345 g/mol. The summed E-state index contributed by atoms with van der Waals surface area (Å²) in [5, 5.41) is 11.0. The van der Waals surface area contributed by atoms with E-state index in [2.05, 4.69) is 22.6 Å². The summed E-state index contributed by atoms with van der Waals surface area (Å²) < 4.78 is 6.57. The molecule has 0 aromatic heterocycles. The molecule has 2 aromatic carbocycles. The second kappa shape index (κ2) is 5.34. The number of nitro benzene ring substituents is 1. The molecule has 5 heteroatoms. The molecule has 0 saturated carbocycles. The molecule has 0 aliphatic carbocycles. The molecule has 0 atom stereocenters. The number of rotatable bonds is 3. The lowest BCUT2D eigenvalue weighted by Crippen LogP contribution is -1.94. The Balaban J connectivity index is 2.37. The van der Waals surface area contributed by atoms with Gasteiger partial charge in [0.05, 0.1) is 4.92 Å². The number of hydrogen-bond acceptors (Lipinski definition) is 3. The van der Waals surface area contributed by atoms with Crippen molar-refractivity contribution in [3.63, 3.8) is 0 Å². The van der Waals surface area contributed by atoms with Gasteiger partial charge in [-0.2, -0.15) is 0 Å². The quantitative estimate of drug-likeness (QED) is 0.469. The number of nitro groups is 1. The van der Waals surface area contributed by atoms with E-state index in [9.17, 15) is 10.1 Å². The molecule has 2 rings (SSSR count). The Morgan fingerprint density at radius 1 is 1.22 bits per heavy atom. The van der Waals surface area contributed by atoms with Crippen molar-refractivity contribution in [3.05, 3.63) is 61.7 Å². The highest BCUT2D eigenvalue weighted by Gasteiger charge is 2.15. The van der Waals surface area contributed by atoms with Crippen LogP contribution in [0.1, 0.15) is 5.56 Å². The van der Waals surface area contributed by atoms with Crippen molar-refractivity contribution in [2.24, 2.45) is 0 Å². The van der Waals surface area contributed by atoms with Gasteiger partial charge in [-0.25, -0.2) is 0 Å². The van der Waals surface area contributed by atoms with Gasteiger partial charge < -0.3 is 4.74 Å². The fourth-order valence-corrected chi connectivity index (χ4v) is 2.03. The maximum atomic E-state index is 11.0. The van der Waals surface area contributed by atoms with E-state index in [0.717, 1.165) is 9.13 Å². The van der Waals surface area contributed by atoms with Crippen LogP contribution in [0.25, 0.3) is 0 Å². The monoisotopic (exact) mass is 355 g/mol. The fraction of sp³-hybridized carbons (Fsp3) is 0.0769. The van der Waals surface area contributed by atoms with Crippen LogP contribution in [0.15, 0.2) is 42.5 Å². The highest BCUT2D eigenvalue weighted by molar-refractivity contribution is 14.1. The first-order chi connectivity index (χ1) is 8.56. The van der Waals surface area contributed by atoms with Crippen molar-refractivity contribution >= 4 is 28.3 Å². The van der Waals surface area contributed by atoms with Gasteiger partial charge in [0.2, 0.25) is 5.75 Å². The van der Waals surface area contributed by atoms with E-state index in [0.29, 0.717) is 5.75 Å². The van der Waals surface area contributed by atoms with Gasteiger partial charge in [0.15, 0.2) is 0 Å². The summed E-state index contributed by atoms with van der Waals surface area (Å²) >= 11 is 2.16. The first-order valence-electron chi connectivity index (χ1n) is 5.25. The van der Waals surface area contributed by atoms with Gasteiger partial charge in [-0.05, 0) is 59.3 Å². The molecule has 0 fully saturated rings. The van der Waals surface area contributed by atoms with Crippen molar-refractivity contribution in [3.8, 4) is 11.5 Å². The summed E-state index contributed by atoms with van der Waals surface area (Å²) in [5.41, 5.74) is 0.811. The lowest BCUT2D eigenvalue weighted by atomic mass is 10.2. The lowest BCUT2D eigenvalue weighted by Gasteiger charge is -2.07. The Hall–Kier alpha value is -1.63. The molecule has 92 valence electrons. The van der Waals surface area contributed by atoms with E-state index in [1.807, 2.05) is 25.1 Å². The van der Waals surface area contributed by atoms with Gasteiger partial charge >= 0.3 is 5.69 Å². The van der Waals surface area contributed by atoms with E-state index >= 15 is 0 Å². The number of halogens is 1. The predicted molar refractivity (Wildman–Crippen MR) is 77.1 cm³/mol. The normalized spacial score (nSPS) is 10.1. The molecule has 18 heavy (non-hydrogen) atoms. The molecule has 0 aliphatic heterocycles. The zero-order valence-corrected chi connectivity index (χ0v) is 11.7. The van der Waals surface area contributed by atoms with Gasteiger partial charge in [-0.1, -0.05) is 12.1 Å². The Bertz CT molecular complexity index is 599. The Kier molecular flexibility index (Phi) is 3.81. The average Bonchev–Trinajstić information content (AvgIpc) is 2.31. The predicted octanol–water partition coefficient (Wildman–Crippen LogP) is 4.30. The maximum absolute atomic E-state index is 11.0. The number of aryl methyl sites for hydroxylation is 1. The molecular formula is C13H10INO3. The molecule has 0 spiro atoms. The zero-order chi connectivity index (χ0) is 13.1. The van der Waals surface area contributed by atoms with Crippen LogP contribution in [-0.2, 0) is 0 Å². The number of benzene rings is 2. The van der Waals surface area contributed by atoms with Crippen LogP contribution in [0.2, 0.25) is 0 Å². The van der Waals surface area contributed by atoms with Crippen LogP contribution in [-0.4, -0.2) is 4.92 Å². The van der Waals surface area contributed by atoms with Gasteiger partial charge in [0.1, 0.15) is 5.75 Å². The third-order valence-corrected chi connectivity index (χ3v) is 3.01. The molecule has 0 radical (unpaired) electrons. The minimum atomic E-state index is -0.434. The van der Waals surface area contributed by atoms with Crippen molar-refractivity contribution < 1.29 is 9.66 Å². The number of nitrogens with zero attached hydrogens (tertiary/aromatic N) is 1. The lowest BCUT2D eigenvalue weighted by molar-refractivity contribution is -0.385. The van der Waals surface area contributed by atoms with Crippen molar-refractivity contribution in [2.75, 3.05) is 0 Å². The summed E-state index contributed by atoms with van der Waals surface area (Å²) in [7, 11) is 0. The smallest absolute Gasteiger partial charge is 0.311 e. The molecule has 0 heterocycles. The topological polar surface area (TPSA) is 52.4 Å². The second-order valence-electron chi connectivity index (χ2n) is 3.79.